The van der Waals surface area contributed by atoms with Crippen LogP contribution >= 0.6 is 0 Å². The van der Waals surface area contributed by atoms with Gasteiger partial charge in [-0.1, -0.05) is 19.3 Å². The van der Waals surface area contributed by atoms with Crippen molar-refractivity contribution in [2.75, 3.05) is 52.5 Å². The van der Waals surface area contributed by atoms with Crippen molar-refractivity contribution >= 4 is 5.91 Å². The minimum atomic E-state index is -0.0461. The molecule has 0 aromatic heterocycles. The van der Waals surface area contributed by atoms with Gasteiger partial charge in [-0.05, 0) is 12.8 Å². The fourth-order valence-electron chi connectivity index (χ4n) is 3.83. The quantitative estimate of drug-likeness (QED) is 0.830. The lowest BCUT2D eigenvalue weighted by molar-refractivity contribution is -0.153. The smallest absolute Gasteiger partial charge is 0.225 e. The van der Waals surface area contributed by atoms with Gasteiger partial charge in [0.2, 0.25) is 5.91 Å². The van der Waals surface area contributed by atoms with E-state index >= 15 is 0 Å². The van der Waals surface area contributed by atoms with Crippen LogP contribution < -0.4 is 0 Å². The van der Waals surface area contributed by atoms with E-state index in [-0.39, 0.29) is 17.9 Å². The fraction of sp³-hybridized carbons (Fsp3) is 0.938. The second-order valence-corrected chi connectivity index (χ2v) is 7.09. The number of carbonyl (C=O) groups is 1. The zero-order valence-corrected chi connectivity index (χ0v) is 12.9. The molecule has 3 aliphatic rings. The van der Waals surface area contributed by atoms with Crippen LogP contribution in [0.1, 0.15) is 32.1 Å². The number of amides is 1. The average molecular weight is 296 g/mol. The van der Waals surface area contributed by atoms with Gasteiger partial charge in [-0.3, -0.25) is 9.69 Å². The maximum atomic E-state index is 12.5. The van der Waals surface area contributed by atoms with Crippen LogP contribution in [0.3, 0.4) is 0 Å². The van der Waals surface area contributed by atoms with Gasteiger partial charge in [0.05, 0.1) is 25.2 Å². The first-order valence-electron chi connectivity index (χ1n) is 8.42. The molecule has 1 N–H and O–H groups in total. The number of aliphatic hydroxyl groups is 1. The lowest BCUT2D eigenvalue weighted by Crippen LogP contribution is -2.58. The SMILES string of the molecule is O=C(C1CCCCC1)N1CCN(CC2(CO)COC2)CC1. The maximum absolute atomic E-state index is 12.5. The number of piperazine rings is 1. The molecule has 1 saturated carbocycles. The molecule has 5 heteroatoms. The third-order valence-corrected chi connectivity index (χ3v) is 5.35. The molecule has 3 rings (SSSR count). The lowest BCUT2D eigenvalue weighted by atomic mass is 9.86. The van der Waals surface area contributed by atoms with Crippen molar-refractivity contribution in [2.45, 2.75) is 32.1 Å². The monoisotopic (exact) mass is 296 g/mol. The second-order valence-electron chi connectivity index (χ2n) is 7.09. The number of nitrogens with zero attached hydrogens (tertiary/aromatic N) is 2. The maximum Gasteiger partial charge on any atom is 0.225 e. The second kappa shape index (κ2) is 6.63. The van der Waals surface area contributed by atoms with Gasteiger partial charge >= 0.3 is 0 Å². The first-order chi connectivity index (χ1) is 10.2. The van der Waals surface area contributed by atoms with Crippen molar-refractivity contribution < 1.29 is 14.6 Å². The van der Waals surface area contributed by atoms with Crippen LogP contribution in [0.2, 0.25) is 0 Å². The Morgan fingerprint density at radius 3 is 2.29 bits per heavy atom. The number of carbonyl (C=O) groups excluding carboxylic acids is 1. The first-order valence-corrected chi connectivity index (χ1v) is 8.42. The Balaban J connectivity index is 1.45. The van der Waals surface area contributed by atoms with Crippen molar-refractivity contribution in [3.05, 3.63) is 0 Å². The van der Waals surface area contributed by atoms with Gasteiger partial charge in [-0.2, -0.15) is 0 Å². The van der Waals surface area contributed by atoms with Crippen LogP contribution in [0.15, 0.2) is 0 Å². The number of hydrogen-bond donors (Lipinski definition) is 1. The summed E-state index contributed by atoms with van der Waals surface area (Å²) in [5.41, 5.74) is -0.0461. The fourth-order valence-corrected chi connectivity index (χ4v) is 3.83. The van der Waals surface area contributed by atoms with Gasteiger partial charge in [0.15, 0.2) is 0 Å². The van der Waals surface area contributed by atoms with Crippen molar-refractivity contribution in [3.8, 4) is 0 Å². The molecule has 2 heterocycles. The summed E-state index contributed by atoms with van der Waals surface area (Å²) in [6.45, 7) is 5.99. The van der Waals surface area contributed by atoms with Gasteiger partial charge in [-0.15, -0.1) is 0 Å². The Bertz CT molecular complexity index is 351. The molecule has 3 fully saturated rings. The largest absolute Gasteiger partial charge is 0.396 e. The van der Waals surface area contributed by atoms with E-state index in [4.69, 9.17) is 4.74 Å². The Kier molecular flexibility index (Phi) is 4.82. The molecule has 0 unspecified atom stereocenters. The van der Waals surface area contributed by atoms with Crippen molar-refractivity contribution in [2.24, 2.45) is 11.3 Å². The molecule has 0 bridgehead atoms. The Labute approximate surface area is 127 Å². The molecule has 1 aliphatic carbocycles. The molecule has 0 aromatic carbocycles. The Morgan fingerprint density at radius 2 is 1.76 bits per heavy atom. The van der Waals surface area contributed by atoms with Gasteiger partial charge in [0, 0.05) is 38.6 Å². The molecule has 0 aromatic rings. The van der Waals surface area contributed by atoms with Crippen molar-refractivity contribution in [3.63, 3.8) is 0 Å². The van der Waals surface area contributed by atoms with E-state index in [1.807, 2.05) is 0 Å². The van der Waals surface area contributed by atoms with Crippen molar-refractivity contribution in [1.82, 2.24) is 9.80 Å². The molecule has 2 aliphatic heterocycles. The zero-order valence-electron chi connectivity index (χ0n) is 12.9. The Morgan fingerprint density at radius 1 is 1.10 bits per heavy atom. The van der Waals surface area contributed by atoms with E-state index in [0.29, 0.717) is 19.1 Å². The highest BCUT2D eigenvalue weighted by Gasteiger charge is 2.40. The van der Waals surface area contributed by atoms with Gasteiger partial charge in [-0.25, -0.2) is 0 Å². The predicted octanol–water partition coefficient (Wildman–Crippen LogP) is 0.720. The zero-order chi connectivity index (χ0) is 14.7. The minimum absolute atomic E-state index is 0.0461. The molecule has 120 valence electrons. The average Bonchev–Trinajstić information content (AvgIpc) is 2.52. The molecule has 21 heavy (non-hydrogen) atoms. The minimum Gasteiger partial charge on any atom is -0.396 e. The van der Waals surface area contributed by atoms with Crippen LogP contribution in [0.4, 0.5) is 0 Å². The number of hydrogen-bond acceptors (Lipinski definition) is 4. The molecular formula is C16H28N2O3. The molecule has 5 nitrogen and oxygen atoms in total. The summed E-state index contributed by atoms with van der Waals surface area (Å²) in [6, 6.07) is 0. The van der Waals surface area contributed by atoms with Crippen LogP contribution in [0.25, 0.3) is 0 Å². The Hall–Kier alpha value is -0.650. The van der Waals surface area contributed by atoms with Crippen LogP contribution in [0, 0.1) is 11.3 Å². The molecule has 0 radical (unpaired) electrons. The summed E-state index contributed by atoms with van der Waals surface area (Å²) < 4.78 is 5.26. The van der Waals surface area contributed by atoms with Crippen molar-refractivity contribution in [1.29, 1.82) is 0 Å². The van der Waals surface area contributed by atoms with E-state index in [2.05, 4.69) is 9.80 Å². The normalized spacial score (nSPS) is 27.4. The van der Waals surface area contributed by atoms with E-state index in [1.54, 1.807) is 0 Å². The van der Waals surface area contributed by atoms with E-state index in [1.165, 1.54) is 19.3 Å². The van der Waals surface area contributed by atoms with Crippen LogP contribution in [0.5, 0.6) is 0 Å². The highest BCUT2D eigenvalue weighted by atomic mass is 16.5. The highest BCUT2D eigenvalue weighted by Crippen LogP contribution is 2.29. The molecule has 0 atom stereocenters. The first kappa shape index (κ1) is 15.3. The summed E-state index contributed by atoms with van der Waals surface area (Å²) in [5, 5.41) is 9.51. The summed E-state index contributed by atoms with van der Waals surface area (Å²) in [5.74, 6) is 0.673. The van der Waals surface area contributed by atoms with Crippen LogP contribution in [-0.4, -0.2) is 73.4 Å². The van der Waals surface area contributed by atoms with Gasteiger partial charge in [0.25, 0.3) is 0 Å². The van der Waals surface area contributed by atoms with Crippen LogP contribution in [-0.2, 0) is 9.53 Å². The predicted molar refractivity (Wildman–Crippen MR) is 79.9 cm³/mol. The van der Waals surface area contributed by atoms with E-state index in [0.717, 1.165) is 45.6 Å². The highest BCUT2D eigenvalue weighted by molar-refractivity contribution is 5.79. The third kappa shape index (κ3) is 3.41. The summed E-state index contributed by atoms with van der Waals surface area (Å²) >= 11 is 0. The summed E-state index contributed by atoms with van der Waals surface area (Å²) in [7, 11) is 0. The lowest BCUT2D eigenvalue weighted by Gasteiger charge is -2.45. The molecular weight excluding hydrogens is 268 g/mol. The standard InChI is InChI=1S/C16H28N2O3/c19-11-16(12-21-13-16)10-17-6-8-18(9-7-17)15(20)14-4-2-1-3-5-14/h14,19H,1-13H2. The van der Waals surface area contributed by atoms with Gasteiger partial charge in [0.1, 0.15) is 0 Å². The van der Waals surface area contributed by atoms with Gasteiger partial charge < -0.3 is 14.7 Å². The van der Waals surface area contributed by atoms with E-state index in [9.17, 15) is 9.90 Å². The molecule has 1 amide bonds. The third-order valence-electron chi connectivity index (χ3n) is 5.35. The summed E-state index contributed by atoms with van der Waals surface area (Å²) in [6.07, 6.45) is 5.90. The molecule has 2 saturated heterocycles. The topological polar surface area (TPSA) is 53.0 Å². The molecule has 0 spiro atoms. The summed E-state index contributed by atoms with van der Waals surface area (Å²) in [4.78, 5) is 17.0. The van der Waals surface area contributed by atoms with E-state index < -0.39 is 0 Å². The number of rotatable bonds is 4. The number of aliphatic hydroxyl groups excluding tert-OH is 1. The number of ether oxygens (including phenoxy) is 1.